The number of carbonyl (C=O) groups excluding carboxylic acids is 1. The molecular formula is C16H22N2O3. The zero-order valence-electron chi connectivity index (χ0n) is 12.2. The van der Waals surface area contributed by atoms with E-state index in [0.29, 0.717) is 36.2 Å². The van der Waals surface area contributed by atoms with Gasteiger partial charge in [-0.15, -0.1) is 0 Å². The fraction of sp³-hybridized carbons (Fsp3) is 0.562. The van der Waals surface area contributed by atoms with Crippen molar-refractivity contribution in [2.45, 2.75) is 38.1 Å². The van der Waals surface area contributed by atoms with Crippen LogP contribution in [0.2, 0.25) is 0 Å². The van der Waals surface area contributed by atoms with E-state index in [0.717, 1.165) is 12.8 Å². The Morgan fingerprint density at radius 2 is 1.95 bits per heavy atom. The van der Waals surface area contributed by atoms with E-state index in [1.54, 1.807) is 12.1 Å². The Labute approximate surface area is 125 Å². The third-order valence-electron chi connectivity index (χ3n) is 4.27. The molecule has 0 bridgehead atoms. The number of nitrogens with zero attached hydrogens (tertiary/aromatic N) is 1. The smallest absolute Gasteiger partial charge is 0.254 e. The predicted molar refractivity (Wildman–Crippen MR) is 79.5 cm³/mol. The summed E-state index contributed by atoms with van der Waals surface area (Å²) in [4.78, 5) is 14.7. The molecule has 0 saturated heterocycles. The van der Waals surface area contributed by atoms with Crippen LogP contribution in [0.4, 0.5) is 0 Å². The average Bonchev–Trinajstić information content (AvgIpc) is 3.00. The molecule has 1 aliphatic carbocycles. The SMILES string of the molecule is NCCN(C(=O)c1ccc2c(c1)OCO2)C1CCCCC1. The van der Waals surface area contributed by atoms with Gasteiger partial charge in [0, 0.05) is 24.7 Å². The van der Waals surface area contributed by atoms with Crippen molar-refractivity contribution in [1.82, 2.24) is 4.90 Å². The molecule has 1 aromatic carbocycles. The van der Waals surface area contributed by atoms with Crippen molar-refractivity contribution in [2.24, 2.45) is 5.73 Å². The highest BCUT2D eigenvalue weighted by molar-refractivity contribution is 5.95. The molecule has 21 heavy (non-hydrogen) atoms. The summed E-state index contributed by atoms with van der Waals surface area (Å²) in [6, 6.07) is 5.70. The van der Waals surface area contributed by atoms with Crippen LogP contribution in [-0.4, -0.2) is 36.7 Å². The summed E-state index contributed by atoms with van der Waals surface area (Å²) in [5, 5.41) is 0. The van der Waals surface area contributed by atoms with Gasteiger partial charge in [-0.25, -0.2) is 0 Å². The van der Waals surface area contributed by atoms with E-state index in [1.165, 1.54) is 19.3 Å². The lowest BCUT2D eigenvalue weighted by molar-refractivity contribution is 0.0641. The molecule has 114 valence electrons. The Balaban J connectivity index is 1.79. The van der Waals surface area contributed by atoms with Gasteiger partial charge in [0.25, 0.3) is 5.91 Å². The van der Waals surface area contributed by atoms with E-state index in [-0.39, 0.29) is 12.7 Å². The first-order chi connectivity index (χ1) is 10.3. The van der Waals surface area contributed by atoms with Crippen LogP contribution >= 0.6 is 0 Å². The van der Waals surface area contributed by atoms with E-state index in [1.807, 2.05) is 11.0 Å². The van der Waals surface area contributed by atoms with Gasteiger partial charge in [-0.1, -0.05) is 19.3 Å². The third-order valence-corrected chi connectivity index (χ3v) is 4.27. The highest BCUT2D eigenvalue weighted by Gasteiger charge is 2.26. The van der Waals surface area contributed by atoms with Crippen molar-refractivity contribution in [1.29, 1.82) is 0 Å². The topological polar surface area (TPSA) is 64.8 Å². The van der Waals surface area contributed by atoms with Gasteiger partial charge < -0.3 is 20.1 Å². The van der Waals surface area contributed by atoms with Crippen molar-refractivity contribution in [2.75, 3.05) is 19.9 Å². The molecule has 1 saturated carbocycles. The summed E-state index contributed by atoms with van der Waals surface area (Å²) in [5.41, 5.74) is 6.35. The Bertz CT molecular complexity index is 512. The van der Waals surface area contributed by atoms with Crippen LogP contribution in [0.15, 0.2) is 18.2 Å². The van der Waals surface area contributed by atoms with Crippen molar-refractivity contribution < 1.29 is 14.3 Å². The first kappa shape index (κ1) is 14.2. The summed E-state index contributed by atoms with van der Waals surface area (Å²) < 4.78 is 10.6. The van der Waals surface area contributed by atoms with Gasteiger partial charge in [0.2, 0.25) is 6.79 Å². The first-order valence-electron chi connectivity index (χ1n) is 7.70. The van der Waals surface area contributed by atoms with Crippen LogP contribution in [-0.2, 0) is 0 Å². The number of fused-ring (bicyclic) bond motifs is 1. The quantitative estimate of drug-likeness (QED) is 0.922. The zero-order chi connectivity index (χ0) is 14.7. The van der Waals surface area contributed by atoms with E-state index in [9.17, 15) is 4.79 Å². The molecule has 5 heteroatoms. The number of carbonyl (C=O) groups is 1. The fourth-order valence-corrected chi connectivity index (χ4v) is 3.18. The molecular weight excluding hydrogens is 268 g/mol. The van der Waals surface area contributed by atoms with Crippen molar-refractivity contribution in [3.8, 4) is 11.5 Å². The van der Waals surface area contributed by atoms with Gasteiger partial charge in [0.1, 0.15) is 0 Å². The van der Waals surface area contributed by atoms with Gasteiger partial charge in [-0.3, -0.25) is 4.79 Å². The summed E-state index contributed by atoms with van der Waals surface area (Å²) in [6.45, 7) is 1.33. The minimum absolute atomic E-state index is 0.0469. The molecule has 5 nitrogen and oxygen atoms in total. The molecule has 3 rings (SSSR count). The maximum Gasteiger partial charge on any atom is 0.254 e. The maximum absolute atomic E-state index is 12.8. The molecule has 1 heterocycles. The summed E-state index contributed by atoms with van der Waals surface area (Å²) >= 11 is 0. The van der Waals surface area contributed by atoms with Crippen molar-refractivity contribution in [3.05, 3.63) is 23.8 Å². The lowest BCUT2D eigenvalue weighted by Crippen LogP contribution is -2.44. The monoisotopic (exact) mass is 290 g/mol. The fourth-order valence-electron chi connectivity index (χ4n) is 3.18. The number of hydrogen-bond acceptors (Lipinski definition) is 4. The lowest BCUT2D eigenvalue weighted by Gasteiger charge is -2.34. The van der Waals surface area contributed by atoms with E-state index in [2.05, 4.69) is 0 Å². The van der Waals surface area contributed by atoms with E-state index >= 15 is 0 Å². The lowest BCUT2D eigenvalue weighted by atomic mass is 9.93. The summed E-state index contributed by atoms with van der Waals surface area (Å²) in [7, 11) is 0. The van der Waals surface area contributed by atoms with Gasteiger partial charge in [-0.05, 0) is 31.0 Å². The van der Waals surface area contributed by atoms with Crippen LogP contribution in [0.3, 0.4) is 0 Å². The molecule has 0 spiro atoms. The van der Waals surface area contributed by atoms with Gasteiger partial charge >= 0.3 is 0 Å². The van der Waals surface area contributed by atoms with Crippen LogP contribution in [0.25, 0.3) is 0 Å². The Hall–Kier alpha value is -1.75. The van der Waals surface area contributed by atoms with Gasteiger partial charge in [-0.2, -0.15) is 0 Å². The number of benzene rings is 1. The van der Waals surface area contributed by atoms with Crippen LogP contribution < -0.4 is 15.2 Å². The molecule has 2 N–H and O–H groups in total. The maximum atomic E-state index is 12.8. The molecule has 1 amide bonds. The second-order valence-corrected chi connectivity index (χ2v) is 5.65. The van der Waals surface area contributed by atoms with Crippen LogP contribution in [0, 0.1) is 0 Å². The Morgan fingerprint density at radius 3 is 2.71 bits per heavy atom. The van der Waals surface area contributed by atoms with Gasteiger partial charge in [0.05, 0.1) is 0 Å². The standard InChI is InChI=1S/C16H22N2O3/c17-8-9-18(13-4-2-1-3-5-13)16(19)12-6-7-14-15(10-12)21-11-20-14/h6-7,10,13H,1-5,8-9,11,17H2. The summed E-state index contributed by atoms with van der Waals surface area (Å²) in [5.74, 6) is 1.40. The van der Waals surface area contributed by atoms with Crippen LogP contribution in [0.5, 0.6) is 11.5 Å². The van der Waals surface area contributed by atoms with E-state index in [4.69, 9.17) is 15.2 Å². The molecule has 0 aromatic heterocycles. The molecule has 1 aliphatic heterocycles. The van der Waals surface area contributed by atoms with Gasteiger partial charge in [0.15, 0.2) is 11.5 Å². The molecule has 1 aromatic rings. The number of nitrogens with two attached hydrogens (primary N) is 1. The zero-order valence-corrected chi connectivity index (χ0v) is 12.2. The highest BCUT2D eigenvalue weighted by atomic mass is 16.7. The van der Waals surface area contributed by atoms with Crippen molar-refractivity contribution >= 4 is 5.91 Å². The van der Waals surface area contributed by atoms with Crippen LogP contribution in [0.1, 0.15) is 42.5 Å². The third kappa shape index (κ3) is 2.97. The number of amides is 1. The normalized spacial score (nSPS) is 17.8. The minimum atomic E-state index is 0.0469. The largest absolute Gasteiger partial charge is 0.454 e. The molecule has 1 fully saturated rings. The average molecular weight is 290 g/mol. The number of rotatable bonds is 4. The molecule has 0 atom stereocenters. The van der Waals surface area contributed by atoms with Crippen molar-refractivity contribution in [3.63, 3.8) is 0 Å². The minimum Gasteiger partial charge on any atom is -0.454 e. The molecule has 0 radical (unpaired) electrons. The number of hydrogen-bond donors (Lipinski definition) is 1. The molecule has 2 aliphatic rings. The Kier molecular flexibility index (Phi) is 4.29. The molecule has 0 unspecified atom stereocenters. The highest BCUT2D eigenvalue weighted by Crippen LogP contribution is 2.33. The second-order valence-electron chi connectivity index (χ2n) is 5.65. The van der Waals surface area contributed by atoms with E-state index < -0.39 is 0 Å². The second kappa shape index (κ2) is 6.35. The predicted octanol–water partition coefficient (Wildman–Crippen LogP) is 2.15. The first-order valence-corrected chi connectivity index (χ1v) is 7.70. The summed E-state index contributed by atoms with van der Waals surface area (Å²) in [6.07, 6.45) is 5.82. The number of ether oxygens (including phenoxy) is 2. The Morgan fingerprint density at radius 1 is 1.19 bits per heavy atom.